The number of hydrogen-bond donors (Lipinski definition) is 6. The molecule has 0 aromatic heterocycles. The van der Waals surface area contributed by atoms with E-state index in [1.807, 2.05) is 13.8 Å². The second-order valence-electron chi connectivity index (χ2n) is 17.7. The van der Waals surface area contributed by atoms with Crippen LogP contribution in [0, 0.1) is 0 Å². The van der Waals surface area contributed by atoms with Gasteiger partial charge >= 0.3 is 0 Å². The van der Waals surface area contributed by atoms with Crippen molar-refractivity contribution in [2.45, 2.75) is 156 Å². The lowest BCUT2D eigenvalue weighted by Gasteiger charge is -2.40. The van der Waals surface area contributed by atoms with Crippen molar-refractivity contribution in [3.63, 3.8) is 0 Å². The summed E-state index contributed by atoms with van der Waals surface area (Å²) in [6.45, 7) is 17.3. The molecule has 4 atom stereocenters. The van der Waals surface area contributed by atoms with Crippen molar-refractivity contribution >= 4 is 11.8 Å². The number of nitrogens with zero attached hydrogens (tertiary/aromatic N) is 1. The molecule has 4 aliphatic rings. The van der Waals surface area contributed by atoms with Crippen LogP contribution in [0.25, 0.3) is 0 Å². The summed E-state index contributed by atoms with van der Waals surface area (Å²) in [5, 5.41) is 54.4. The standard InChI is InChI=1S/C25H35NO5.C23H31NO4/c1-16(2)7-5-8-17(3)9-6-10-25(4)22(29)14-19-21(28)13-18-20(23(19)31-25)15-26(11-12-27)24(18)30;1-14(2)7-5-8-15(3)9-6-10-23(4)20(26)12-17-19(25)11-16-18(21(17)28-23)13-24-22(16)27/h7,9,13,22,27-29H,5-6,8,10-12,14-15H2,1-4H3;7,9,11,20,25-26H,5-6,8,10,12-13H2,1-4H3,(H,24,27)/b17-9+;15-9+. The van der Waals surface area contributed by atoms with E-state index in [0.717, 1.165) is 49.7 Å². The minimum Gasteiger partial charge on any atom is -0.508 e. The molecule has 6 rings (SSSR count). The zero-order chi connectivity index (χ0) is 43.2. The lowest BCUT2D eigenvalue weighted by molar-refractivity contribution is -0.0599. The topological polar surface area (TPSA) is 169 Å². The number of aromatic hydroxyl groups is 2. The van der Waals surface area contributed by atoms with Gasteiger partial charge in [0.1, 0.15) is 34.2 Å². The average molecular weight is 815 g/mol. The molecule has 0 saturated carbocycles. The van der Waals surface area contributed by atoms with Gasteiger partial charge in [-0.25, -0.2) is 0 Å². The van der Waals surface area contributed by atoms with Crippen LogP contribution >= 0.6 is 0 Å². The summed E-state index contributed by atoms with van der Waals surface area (Å²) in [6.07, 6.45) is 15.0. The highest BCUT2D eigenvalue weighted by molar-refractivity contribution is 6.00. The van der Waals surface area contributed by atoms with Gasteiger partial charge in [-0.15, -0.1) is 0 Å². The zero-order valence-corrected chi connectivity index (χ0v) is 36.3. The van der Waals surface area contributed by atoms with Crippen molar-refractivity contribution in [2.24, 2.45) is 0 Å². The van der Waals surface area contributed by atoms with Crippen LogP contribution in [0.4, 0.5) is 0 Å². The number of nitrogens with one attached hydrogen (secondary N) is 1. The highest BCUT2D eigenvalue weighted by Crippen LogP contribution is 2.47. The zero-order valence-electron chi connectivity index (χ0n) is 36.3. The summed E-state index contributed by atoms with van der Waals surface area (Å²) in [4.78, 5) is 26.1. The third kappa shape index (κ3) is 10.6. The van der Waals surface area contributed by atoms with Gasteiger partial charge in [-0.1, -0.05) is 46.6 Å². The Labute approximate surface area is 350 Å². The van der Waals surface area contributed by atoms with Gasteiger partial charge in [-0.05, 0) is 119 Å². The lowest BCUT2D eigenvalue weighted by atomic mass is 9.84. The van der Waals surface area contributed by atoms with Crippen LogP contribution in [0.2, 0.25) is 0 Å². The molecule has 4 heterocycles. The van der Waals surface area contributed by atoms with Crippen LogP contribution in [-0.2, 0) is 25.9 Å². The Morgan fingerprint density at radius 1 is 0.729 bits per heavy atom. The minimum absolute atomic E-state index is 0.0157. The van der Waals surface area contributed by atoms with Gasteiger partial charge in [-0.3, -0.25) is 9.59 Å². The van der Waals surface area contributed by atoms with Crippen molar-refractivity contribution in [1.29, 1.82) is 0 Å². The molecule has 0 aliphatic carbocycles. The normalized spacial score (nSPS) is 23.1. The number of allylic oxidation sites excluding steroid dienone is 8. The molecule has 4 unspecified atom stereocenters. The number of aliphatic hydroxyl groups excluding tert-OH is 3. The molecule has 6 N–H and O–H groups in total. The summed E-state index contributed by atoms with van der Waals surface area (Å²) >= 11 is 0. The van der Waals surface area contributed by atoms with Gasteiger partial charge in [0.25, 0.3) is 11.8 Å². The van der Waals surface area contributed by atoms with E-state index in [0.29, 0.717) is 66.1 Å². The molecule has 0 saturated heterocycles. The summed E-state index contributed by atoms with van der Waals surface area (Å²) < 4.78 is 12.6. The van der Waals surface area contributed by atoms with Crippen LogP contribution in [-0.4, -0.2) is 78.8 Å². The Hall–Kier alpha value is -4.58. The predicted octanol–water partition coefficient (Wildman–Crippen LogP) is 8.03. The SMILES string of the molecule is CC(C)=CCC/C(C)=C/CCC1(C)Oc2c(c(O)cc3c2CN(CCO)C3=O)CC1O.CC(C)=CCC/C(C)=C/CCC1(C)Oc2c(c(O)cc3c2CNC3=O)CC1O. The Kier molecular flexibility index (Phi) is 14.8. The Morgan fingerprint density at radius 3 is 1.68 bits per heavy atom. The maximum absolute atomic E-state index is 12.6. The summed E-state index contributed by atoms with van der Waals surface area (Å²) in [5.74, 6) is 0.658. The van der Waals surface area contributed by atoms with Gasteiger partial charge in [0.05, 0.1) is 36.5 Å². The first-order chi connectivity index (χ1) is 27.9. The number of fused-ring (bicyclic) bond motifs is 6. The second-order valence-corrected chi connectivity index (χ2v) is 17.7. The largest absolute Gasteiger partial charge is 0.508 e. The van der Waals surface area contributed by atoms with Gasteiger partial charge in [0.15, 0.2) is 0 Å². The number of amides is 2. The number of β-amino-alcohol motifs (C(OH)–C–C–N with tert-alkyl or cyclic N) is 1. The van der Waals surface area contributed by atoms with Gasteiger partial charge < -0.3 is 45.2 Å². The van der Waals surface area contributed by atoms with Gasteiger partial charge in [-0.2, -0.15) is 0 Å². The van der Waals surface area contributed by atoms with Crippen LogP contribution in [0.15, 0.2) is 58.7 Å². The molecule has 4 aliphatic heterocycles. The summed E-state index contributed by atoms with van der Waals surface area (Å²) in [7, 11) is 0. The van der Waals surface area contributed by atoms with Crippen LogP contribution in [0.3, 0.4) is 0 Å². The van der Waals surface area contributed by atoms with E-state index in [-0.39, 0.29) is 42.9 Å². The van der Waals surface area contributed by atoms with E-state index in [1.54, 1.807) is 4.90 Å². The van der Waals surface area contributed by atoms with Crippen molar-refractivity contribution < 1.29 is 44.6 Å². The summed E-state index contributed by atoms with van der Waals surface area (Å²) in [6, 6.07) is 2.94. The van der Waals surface area contributed by atoms with Crippen molar-refractivity contribution in [1.82, 2.24) is 10.2 Å². The number of carbonyl (C=O) groups is 2. The number of phenols is 2. The number of ether oxygens (including phenoxy) is 2. The highest BCUT2D eigenvalue weighted by Gasteiger charge is 2.45. The first-order valence-corrected chi connectivity index (χ1v) is 21.1. The Morgan fingerprint density at radius 2 is 1.20 bits per heavy atom. The molecule has 2 aromatic carbocycles. The Bertz CT molecular complexity index is 2020. The third-order valence-corrected chi connectivity index (χ3v) is 12.2. The minimum atomic E-state index is -0.807. The number of hydrogen-bond acceptors (Lipinski definition) is 9. The van der Waals surface area contributed by atoms with E-state index in [9.17, 15) is 35.1 Å². The van der Waals surface area contributed by atoms with Crippen molar-refractivity contribution in [2.75, 3.05) is 13.2 Å². The monoisotopic (exact) mass is 814 g/mol. The molecular weight excluding hydrogens is 749 g/mol. The molecule has 2 amide bonds. The predicted molar refractivity (Wildman–Crippen MR) is 230 cm³/mol. The van der Waals surface area contributed by atoms with Crippen molar-refractivity contribution in [3.05, 3.63) is 92.1 Å². The lowest BCUT2D eigenvalue weighted by Crippen LogP contribution is -2.49. The summed E-state index contributed by atoms with van der Waals surface area (Å²) in [5.41, 5.74) is 7.28. The number of rotatable bonds is 14. The maximum atomic E-state index is 12.6. The number of aliphatic hydroxyl groups is 3. The first-order valence-electron chi connectivity index (χ1n) is 21.1. The van der Waals surface area contributed by atoms with E-state index >= 15 is 0 Å². The van der Waals surface area contributed by atoms with Crippen LogP contribution < -0.4 is 14.8 Å². The fourth-order valence-corrected chi connectivity index (χ4v) is 8.28. The fraction of sp³-hybridized carbons (Fsp3) is 0.542. The number of benzene rings is 2. The quantitative estimate of drug-likeness (QED) is 0.103. The van der Waals surface area contributed by atoms with E-state index in [2.05, 4.69) is 71.2 Å². The van der Waals surface area contributed by atoms with Crippen LogP contribution in [0.1, 0.15) is 150 Å². The molecule has 2 aromatic rings. The second kappa shape index (κ2) is 19.2. The maximum Gasteiger partial charge on any atom is 0.254 e. The molecular formula is C48H66N2O9. The fourth-order valence-electron chi connectivity index (χ4n) is 8.28. The molecule has 322 valence electrons. The van der Waals surface area contributed by atoms with Crippen LogP contribution in [0.5, 0.6) is 23.0 Å². The third-order valence-electron chi connectivity index (χ3n) is 12.2. The number of phenolic OH excluding ortho intramolecular Hbond substituents is 2. The molecule has 59 heavy (non-hydrogen) atoms. The molecule has 11 heteroatoms. The van der Waals surface area contributed by atoms with Gasteiger partial charge in [0, 0.05) is 48.2 Å². The van der Waals surface area contributed by atoms with Crippen molar-refractivity contribution in [3.8, 4) is 23.0 Å². The molecule has 11 nitrogen and oxygen atoms in total. The van der Waals surface area contributed by atoms with Gasteiger partial charge in [0.2, 0.25) is 0 Å². The smallest absolute Gasteiger partial charge is 0.254 e. The molecule has 0 spiro atoms. The number of carbonyl (C=O) groups excluding carboxylic acids is 2. The molecule has 0 radical (unpaired) electrons. The molecule has 0 bridgehead atoms. The highest BCUT2D eigenvalue weighted by atomic mass is 16.5. The van der Waals surface area contributed by atoms with E-state index < -0.39 is 23.4 Å². The van der Waals surface area contributed by atoms with E-state index in [1.165, 1.54) is 34.4 Å². The molecule has 0 fully saturated rings. The first kappa shape index (κ1) is 45.5. The Balaban J connectivity index is 0.000000225. The average Bonchev–Trinajstić information content (AvgIpc) is 3.68. The van der Waals surface area contributed by atoms with E-state index in [4.69, 9.17) is 9.47 Å².